The van der Waals surface area contributed by atoms with E-state index in [1.54, 1.807) is 0 Å². The van der Waals surface area contributed by atoms with Gasteiger partial charge in [-0.25, -0.2) is 4.98 Å². The van der Waals surface area contributed by atoms with Crippen LogP contribution in [-0.2, 0) is 6.54 Å². The first kappa shape index (κ1) is 13.2. The molecule has 1 rings (SSSR count). The number of hydrogen-bond acceptors (Lipinski definition) is 2. The highest BCUT2D eigenvalue weighted by Gasteiger charge is 2.14. The minimum Gasteiger partial charge on any atom is -0.331 e. The Bertz CT molecular complexity index is 313. The van der Waals surface area contributed by atoms with E-state index in [1.807, 2.05) is 12.5 Å². The molecule has 1 aromatic rings. The smallest absolute Gasteiger partial charge is 0.0951 e. The highest BCUT2D eigenvalue weighted by molar-refractivity contribution is 4.99. The van der Waals surface area contributed by atoms with Crippen molar-refractivity contribution in [1.29, 1.82) is 0 Å². The molecule has 0 fully saturated rings. The zero-order valence-electron chi connectivity index (χ0n) is 11.2. The fraction of sp³-hybridized carbons (Fsp3) is 0.769. The van der Waals surface area contributed by atoms with Gasteiger partial charge in [-0.15, -0.1) is 0 Å². The van der Waals surface area contributed by atoms with Gasteiger partial charge in [-0.2, -0.15) is 0 Å². The Morgan fingerprint density at radius 1 is 1.44 bits per heavy atom. The summed E-state index contributed by atoms with van der Waals surface area (Å²) in [6.45, 7) is 13.1. The molecule has 0 bridgehead atoms. The fourth-order valence-corrected chi connectivity index (χ4v) is 1.59. The molecular weight excluding hydrogens is 198 g/mol. The molecule has 0 aliphatic heterocycles. The average Bonchev–Trinajstić information content (AvgIpc) is 2.66. The zero-order chi connectivity index (χ0) is 12.2. The van der Waals surface area contributed by atoms with E-state index in [4.69, 9.17) is 0 Å². The van der Waals surface area contributed by atoms with Crippen LogP contribution in [0.2, 0.25) is 0 Å². The normalized spacial score (nSPS) is 12.4. The van der Waals surface area contributed by atoms with Crippen molar-refractivity contribution in [2.45, 2.75) is 53.6 Å². The molecule has 16 heavy (non-hydrogen) atoms. The Hall–Kier alpha value is -0.830. The van der Waals surface area contributed by atoms with E-state index < -0.39 is 0 Å². The Morgan fingerprint density at radius 3 is 2.69 bits per heavy atom. The molecule has 0 spiro atoms. The van der Waals surface area contributed by atoms with Gasteiger partial charge in [-0.05, 0) is 25.7 Å². The van der Waals surface area contributed by atoms with E-state index in [2.05, 4.69) is 49.5 Å². The highest BCUT2D eigenvalue weighted by Crippen LogP contribution is 2.18. The lowest BCUT2D eigenvalue weighted by Crippen LogP contribution is -2.29. The number of hydrogen-bond donors (Lipinski definition) is 1. The quantitative estimate of drug-likeness (QED) is 0.803. The molecule has 1 aromatic heterocycles. The van der Waals surface area contributed by atoms with Crippen molar-refractivity contribution in [1.82, 2.24) is 14.9 Å². The first-order valence-electron chi connectivity index (χ1n) is 6.17. The van der Waals surface area contributed by atoms with Gasteiger partial charge in [-0.1, -0.05) is 20.8 Å². The van der Waals surface area contributed by atoms with Crippen LogP contribution in [0.3, 0.4) is 0 Å². The van der Waals surface area contributed by atoms with E-state index in [9.17, 15) is 0 Å². The molecule has 0 saturated carbocycles. The van der Waals surface area contributed by atoms with Crippen molar-refractivity contribution in [3.8, 4) is 0 Å². The summed E-state index contributed by atoms with van der Waals surface area (Å²) in [5.74, 6) is 0. The Labute approximate surface area is 99.3 Å². The van der Waals surface area contributed by atoms with Crippen molar-refractivity contribution < 1.29 is 0 Å². The van der Waals surface area contributed by atoms with Crippen LogP contribution >= 0.6 is 0 Å². The molecule has 0 aliphatic carbocycles. The first-order valence-corrected chi connectivity index (χ1v) is 6.17. The maximum Gasteiger partial charge on any atom is 0.0951 e. The number of nitrogens with one attached hydrogen (secondary N) is 1. The monoisotopic (exact) mass is 223 g/mol. The first-order chi connectivity index (χ1) is 7.46. The Balaban J connectivity index is 2.46. The van der Waals surface area contributed by atoms with Gasteiger partial charge in [0.2, 0.25) is 0 Å². The number of rotatable bonds is 6. The maximum absolute atomic E-state index is 4.20. The van der Waals surface area contributed by atoms with Gasteiger partial charge in [0.05, 0.1) is 12.0 Å². The molecule has 0 amide bonds. The molecule has 0 aromatic carbocycles. The van der Waals surface area contributed by atoms with Gasteiger partial charge in [-0.3, -0.25) is 0 Å². The third-order valence-electron chi connectivity index (χ3n) is 3.17. The van der Waals surface area contributed by atoms with E-state index in [-0.39, 0.29) is 0 Å². The molecule has 0 aliphatic rings. The SMILES string of the molecule is CCC(C)(C)CNCc1cncn1C(C)C. The second-order valence-corrected chi connectivity index (χ2v) is 5.51. The fourth-order valence-electron chi connectivity index (χ4n) is 1.59. The van der Waals surface area contributed by atoms with E-state index in [0.717, 1.165) is 13.1 Å². The number of imidazole rings is 1. The summed E-state index contributed by atoms with van der Waals surface area (Å²) >= 11 is 0. The molecule has 1 heterocycles. The molecule has 0 radical (unpaired) electrons. The molecule has 3 nitrogen and oxygen atoms in total. The lowest BCUT2D eigenvalue weighted by atomic mass is 9.90. The van der Waals surface area contributed by atoms with Crippen LogP contribution in [0, 0.1) is 5.41 Å². The summed E-state index contributed by atoms with van der Waals surface area (Å²) in [4.78, 5) is 4.20. The summed E-state index contributed by atoms with van der Waals surface area (Å²) < 4.78 is 2.21. The summed E-state index contributed by atoms with van der Waals surface area (Å²) in [6.07, 6.45) is 5.06. The van der Waals surface area contributed by atoms with Crippen LogP contribution < -0.4 is 5.32 Å². The number of nitrogens with zero attached hydrogens (tertiary/aromatic N) is 2. The molecule has 0 unspecified atom stereocenters. The van der Waals surface area contributed by atoms with E-state index in [0.29, 0.717) is 11.5 Å². The molecule has 1 N–H and O–H groups in total. The lowest BCUT2D eigenvalue weighted by Gasteiger charge is -2.23. The van der Waals surface area contributed by atoms with E-state index >= 15 is 0 Å². The van der Waals surface area contributed by atoms with Crippen LogP contribution in [0.15, 0.2) is 12.5 Å². The summed E-state index contributed by atoms with van der Waals surface area (Å²) in [6, 6.07) is 0.485. The minimum atomic E-state index is 0.378. The predicted octanol–water partition coefficient (Wildman–Crippen LogP) is 2.99. The van der Waals surface area contributed by atoms with Crippen molar-refractivity contribution in [2.75, 3.05) is 6.54 Å². The molecule has 0 atom stereocenters. The predicted molar refractivity (Wildman–Crippen MR) is 68.4 cm³/mol. The molecule has 92 valence electrons. The van der Waals surface area contributed by atoms with Crippen molar-refractivity contribution >= 4 is 0 Å². The van der Waals surface area contributed by atoms with Gasteiger partial charge >= 0.3 is 0 Å². The largest absolute Gasteiger partial charge is 0.331 e. The highest BCUT2D eigenvalue weighted by atomic mass is 15.1. The third-order valence-corrected chi connectivity index (χ3v) is 3.17. The standard InChI is InChI=1S/C13H25N3/c1-6-13(4,5)9-14-7-12-8-15-10-16(12)11(2)3/h8,10-11,14H,6-7,9H2,1-5H3. The van der Waals surface area contributed by atoms with E-state index in [1.165, 1.54) is 12.1 Å². The molecule has 3 heteroatoms. The maximum atomic E-state index is 4.20. The average molecular weight is 223 g/mol. The van der Waals surface area contributed by atoms with Crippen LogP contribution in [0.4, 0.5) is 0 Å². The summed E-state index contributed by atoms with van der Waals surface area (Å²) in [5, 5.41) is 3.51. The third kappa shape index (κ3) is 3.63. The summed E-state index contributed by atoms with van der Waals surface area (Å²) in [5.41, 5.74) is 1.64. The van der Waals surface area contributed by atoms with Crippen LogP contribution in [-0.4, -0.2) is 16.1 Å². The van der Waals surface area contributed by atoms with Crippen LogP contribution in [0.5, 0.6) is 0 Å². The van der Waals surface area contributed by atoms with Crippen molar-refractivity contribution in [2.24, 2.45) is 5.41 Å². The number of aromatic nitrogens is 2. The van der Waals surface area contributed by atoms with Crippen LogP contribution in [0.25, 0.3) is 0 Å². The van der Waals surface area contributed by atoms with Gasteiger partial charge in [0.25, 0.3) is 0 Å². The van der Waals surface area contributed by atoms with Gasteiger partial charge in [0.15, 0.2) is 0 Å². The summed E-state index contributed by atoms with van der Waals surface area (Å²) in [7, 11) is 0. The second kappa shape index (κ2) is 5.48. The molecule has 0 saturated heterocycles. The van der Waals surface area contributed by atoms with Gasteiger partial charge in [0, 0.05) is 25.3 Å². The van der Waals surface area contributed by atoms with Gasteiger partial charge < -0.3 is 9.88 Å². The minimum absolute atomic E-state index is 0.378. The second-order valence-electron chi connectivity index (χ2n) is 5.51. The Kier molecular flexibility index (Phi) is 4.54. The molecular formula is C13H25N3. The topological polar surface area (TPSA) is 29.9 Å². The van der Waals surface area contributed by atoms with Gasteiger partial charge in [0.1, 0.15) is 0 Å². The van der Waals surface area contributed by atoms with Crippen molar-refractivity contribution in [3.05, 3.63) is 18.2 Å². The lowest BCUT2D eigenvalue weighted by molar-refractivity contribution is 0.325. The van der Waals surface area contributed by atoms with Crippen LogP contribution in [0.1, 0.15) is 52.8 Å². The zero-order valence-corrected chi connectivity index (χ0v) is 11.2. The van der Waals surface area contributed by atoms with Crippen molar-refractivity contribution in [3.63, 3.8) is 0 Å². The Morgan fingerprint density at radius 2 is 2.12 bits per heavy atom.